The van der Waals surface area contributed by atoms with E-state index < -0.39 is 5.41 Å². The molecule has 0 bridgehead atoms. The van der Waals surface area contributed by atoms with Gasteiger partial charge in [-0.05, 0) is 26.7 Å². The maximum Gasteiger partial charge on any atom is 0.311 e. The number of carbonyl (C=O) groups is 1. The molecule has 1 saturated heterocycles. The minimum atomic E-state index is -0.561. The molecule has 1 heterocycles. The number of hydrogen-bond acceptors (Lipinski definition) is 5. The van der Waals surface area contributed by atoms with E-state index in [1.807, 2.05) is 27.0 Å². The zero-order valence-corrected chi connectivity index (χ0v) is 12.7. The van der Waals surface area contributed by atoms with Crippen LogP contribution in [0.15, 0.2) is 5.10 Å². The maximum absolute atomic E-state index is 11.7. The second-order valence-corrected chi connectivity index (χ2v) is 5.68. The van der Waals surface area contributed by atoms with Gasteiger partial charge in [0.2, 0.25) is 0 Å². The van der Waals surface area contributed by atoms with Crippen molar-refractivity contribution < 1.29 is 14.3 Å². The lowest BCUT2D eigenvalue weighted by Gasteiger charge is -2.27. The van der Waals surface area contributed by atoms with Gasteiger partial charge in [0.15, 0.2) is 0 Å². The lowest BCUT2D eigenvalue weighted by molar-refractivity contribution is -0.152. The van der Waals surface area contributed by atoms with Crippen molar-refractivity contribution in [3.8, 4) is 0 Å². The third kappa shape index (κ3) is 3.93. The third-order valence-corrected chi connectivity index (χ3v) is 3.99. The molecule has 0 aromatic rings. The quantitative estimate of drug-likeness (QED) is 0.546. The van der Waals surface area contributed by atoms with Crippen LogP contribution in [-0.2, 0) is 14.3 Å². The van der Waals surface area contributed by atoms with Crippen molar-refractivity contribution in [2.45, 2.75) is 39.7 Å². The molecule has 1 aliphatic heterocycles. The van der Waals surface area contributed by atoms with E-state index in [0.29, 0.717) is 12.6 Å². The normalized spacial score (nSPS) is 21.9. The fraction of sp³-hybridized carbons (Fsp3) is 0.857. The Hall–Kier alpha value is -1.10. The Morgan fingerprint density at radius 3 is 2.79 bits per heavy atom. The summed E-state index contributed by atoms with van der Waals surface area (Å²) in [7, 11) is 3.13. The topological polar surface area (TPSA) is 51.1 Å². The van der Waals surface area contributed by atoms with Crippen LogP contribution >= 0.6 is 0 Å². The summed E-state index contributed by atoms with van der Waals surface area (Å²) >= 11 is 0. The summed E-state index contributed by atoms with van der Waals surface area (Å²) < 4.78 is 10.0. The highest BCUT2D eigenvalue weighted by Gasteiger charge is 2.34. The van der Waals surface area contributed by atoms with Gasteiger partial charge in [0.1, 0.15) is 0 Å². The highest BCUT2D eigenvalue weighted by Crippen LogP contribution is 2.27. The largest absolute Gasteiger partial charge is 0.469 e. The first kappa shape index (κ1) is 16.0. The van der Waals surface area contributed by atoms with Gasteiger partial charge in [-0.25, -0.2) is 0 Å². The molecule has 2 atom stereocenters. The van der Waals surface area contributed by atoms with E-state index in [2.05, 4.69) is 10.1 Å². The van der Waals surface area contributed by atoms with E-state index in [1.54, 1.807) is 7.11 Å². The first-order chi connectivity index (χ1) is 8.93. The predicted octanol–water partition coefficient (Wildman–Crippen LogP) is 1.92. The van der Waals surface area contributed by atoms with Gasteiger partial charge in [-0.1, -0.05) is 6.92 Å². The van der Waals surface area contributed by atoms with Gasteiger partial charge in [0, 0.05) is 25.8 Å². The number of esters is 1. The zero-order chi connectivity index (χ0) is 14.5. The summed E-state index contributed by atoms with van der Waals surface area (Å²) in [5.74, 6) is -0.190. The second-order valence-electron chi connectivity index (χ2n) is 5.68. The molecule has 0 N–H and O–H groups in total. The minimum Gasteiger partial charge on any atom is -0.469 e. The van der Waals surface area contributed by atoms with Crippen LogP contribution < -0.4 is 0 Å². The van der Waals surface area contributed by atoms with Crippen LogP contribution in [0, 0.1) is 11.3 Å². The summed E-state index contributed by atoms with van der Waals surface area (Å²) in [4.78, 5) is 11.7. The van der Waals surface area contributed by atoms with Gasteiger partial charge in [0.25, 0.3) is 0 Å². The molecule has 0 radical (unpaired) electrons. The molecule has 0 aromatic heterocycles. The molecule has 1 unspecified atom stereocenters. The smallest absolute Gasteiger partial charge is 0.311 e. The van der Waals surface area contributed by atoms with E-state index in [0.717, 1.165) is 19.4 Å². The molecule has 0 amide bonds. The molecule has 1 rings (SSSR count). The number of nitrogens with zero attached hydrogens (tertiary/aromatic N) is 2. The highest BCUT2D eigenvalue weighted by atomic mass is 16.5. The van der Waals surface area contributed by atoms with E-state index in [4.69, 9.17) is 9.47 Å². The van der Waals surface area contributed by atoms with Crippen molar-refractivity contribution in [2.75, 3.05) is 27.4 Å². The van der Waals surface area contributed by atoms with Crippen LogP contribution in [0.2, 0.25) is 0 Å². The van der Waals surface area contributed by atoms with Gasteiger partial charge >= 0.3 is 5.97 Å². The van der Waals surface area contributed by atoms with Gasteiger partial charge < -0.3 is 9.47 Å². The van der Waals surface area contributed by atoms with Crippen LogP contribution in [0.3, 0.4) is 0 Å². The highest BCUT2D eigenvalue weighted by molar-refractivity contribution is 5.80. The van der Waals surface area contributed by atoms with Crippen LogP contribution in [0.1, 0.15) is 33.6 Å². The minimum absolute atomic E-state index is 0.0174. The first-order valence-corrected chi connectivity index (χ1v) is 6.81. The Labute approximate surface area is 115 Å². The maximum atomic E-state index is 11.7. The Balaban J connectivity index is 2.62. The standard InChI is InChI=1S/C14H26N2O3/c1-11(14(2,3)13(17)19-5)9-15-16-8-6-7-12(16)10-18-4/h9,11-12H,6-8,10H2,1-5H3/b15-9+/t11?,12-/m0/s1. The number of rotatable bonds is 6. The summed E-state index contributed by atoms with van der Waals surface area (Å²) in [6.45, 7) is 7.40. The molecule has 1 aliphatic rings. The fourth-order valence-electron chi connectivity index (χ4n) is 2.16. The lowest BCUT2D eigenvalue weighted by atomic mass is 9.81. The van der Waals surface area contributed by atoms with E-state index >= 15 is 0 Å². The summed E-state index contributed by atoms with van der Waals surface area (Å²) in [5, 5.41) is 6.59. The van der Waals surface area contributed by atoms with Gasteiger partial charge in [-0.2, -0.15) is 5.10 Å². The lowest BCUT2D eigenvalue weighted by Crippen LogP contribution is -2.34. The number of carbonyl (C=O) groups excluding carboxylic acids is 1. The third-order valence-electron chi connectivity index (χ3n) is 3.99. The summed E-state index contributed by atoms with van der Waals surface area (Å²) in [6, 6.07) is 0.356. The van der Waals surface area contributed by atoms with Crippen LogP contribution in [0.25, 0.3) is 0 Å². The Morgan fingerprint density at radius 2 is 2.21 bits per heavy atom. The molecular formula is C14H26N2O3. The molecule has 0 saturated carbocycles. The van der Waals surface area contributed by atoms with Gasteiger partial charge in [-0.15, -0.1) is 0 Å². The molecule has 19 heavy (non-hydrogen) atoms. The molecule has 110 valence electrons. The molecule has 0 spiro atoms. The van der Waals surface area contributed by atoms with E-state index in [9.17, 15) is 4.79 Å². The van der Waals surface area contributed by atoms with Crippen molar-refractivity contribution in [1.82, 2.24) is 5.01 Å². The number of ether oxygens (including phenoxy) is 2. The first-order valence-electron chi connectivity index (χ1n) is 6.81. The zero-order valence-electron chi connectivity index (χ0n) is 12.7. The molecule has 0 aromatic carbocycles. The number of hydrazone groups is 1. The van der Waals surface area contributed by atoms with Crippen molar-refractivity contribution in [3.05, 3.63) is 0 Å². The van der Waals surface area contributed by atoms with Crippen molar-refractivity contribution in [3.63, 3.8) is 0 Å². The Bertz CT molecular complexity index is 329. The van der Waals surface area contributed by atoms with Crippen molar-refractivity contribution >= 4 is 12.2 Å². The monoisotopic (exact) mass is 270 g/mol. The van der Waals surface area contributed by atoms with Crippen LogP contribution in [0.4, 0.5) is 0 Å². The van der Waals surface area contributed by atoms with E-state index in [-0.39, 0.29) is 11.9 Å². The van der Waals surface area contributed by atoms with Gasteiger partial charge in [-0.3, -0.25) is 9.80 Å². The Morgan fingerprint density at radius 1 is 1.53 bits per heavy atom. The SMILES string of the molecule is COC[C@@H]1CCCN1/N=C/C(C)C(C)(C)C(=O)OC. The molecule has 5 nitrogen and oxygen atoms in total. The van der Waals surface area contributed by atoms with E-state index in [1.165, 1.54) is 7.11 Å². The molecular weight excluding hydrogens is 244 g/mol. The van der Waals surface area contributed by atoms with Crippen LogP contribution in [0.5, 0.6) is 0 Å². The van der Waals surface area contributed by atoms with Crippen molar-refractivity contribution in [2.24, 2.45) is 16.4 Å². The average molecular weight is 270 g/mol. The van der Waals surface area contributed by atoms with Crippen LogP contribution in [-0.4, -0.2) is 50.6 Å². The number of hydrogen-bond donors (Lipinski definition) is 0. The van der Waals surface area contributed by atoms with Crippen molar-refractivity contribution in [1.29, 1.82) is 0 Å². The number of methoxy groups -OCH3 is 2. The average Bonchev–Trinajstić information content (AvgIpc) is 2.82. The fourth-order valence-corrected chi connectivity index (χ4v) is 2.16. The predicted molar refractivity (Wildman–Crippen MR) is 75.1 cm³/mol. The summed E-state index contributed by atoms with van der Waals surface area (Å²) in [5.41, 5.74) is -0.561. The molecule has 5 heteroatoms. The summed E-state index contributed by atoms with van der Waals surface area (Å²) in [6.07, 6.45) is 4.10. The van der Waals surface area contributed by atoms with Gasteiger partial charge in [0.05, 0.1) is 25.2 Å². The molecule has 1 fully saturated rings. The molecule has 0 aliphatic carbocycles. The second kappa shape index (κ2) is 6.89. The Kier molecular flexibility index (Phi) is 5.79.